The monoisotopic (exact) mass is 666 g/mol. The maximum atomic E-state index is 17.0. The van der Waals surface area contributed by atoms with Crippen molar-refractivity contribution in [3.05, 3.63) is 60.3 Å². The smallest absolute Gasteiger partial charge is 0.319 e. The number of anilines is 1. The Bertz CT molecular complexity index is 2090. The molecule has 3 atom stereocenters. The van der Waals surface area contributed by atoms with Gasteiger partial charge in [0.05, 0.1) is 34.2 Å². The molecule has 2 aromatic heterocycles. The van der Waals surface area contributed by atoms with Crippen molar-refractivity contribution in [2.45, 2.75) is 62.3 Å². The van der Waals surface area contributed by atoms with Crippen LogP contribution in [0, 0.1) is 24.0 Å². The molecule has 0 unspecified atom stereocenters. The van der Waals surface area contributed by atoms with E-state index in [-0.39, 0.29) is 63.5 Å². The van der Waals surface area contributed by atoms with Crippen molar-refractivity contribution in [2.75, 3.05) is 37.7 Å². The van der Waals surface area contributed by atoms with Gasteiger partial charge < -0.3 is 24.7 Å². The molecule has 4 aliphatic rings. The number of aromatic nitrogens is 3. The van der Waals surface area contributed by atoms with Crippen LogP contribution in [0.25, 0.3) is 32.9 Å². The molecular weight excluding hydrogens is 630 g/mol. The molecule has 4 fully saturated rings. The maximum Gasteiger partial charge on any atom is 0.319 e. The molecule has 0 saturated carbocycles. The van der Waals surface area contributed by atoms with Crippen LogP contribution < -0.4 is 9.64 Å². The zero-order chi connectivity index (χ0) is 34.2. The highest BCUT2D eigenvalue weighted by Crippen LogP contribution is 2.43. The summed E-state index contributed by atoms with van der Waals surface area (Å²) in [5, 5.41) is 22.9. The predicted octanol–water partition coefficient (Wildman–Crippen LogP) is 4.54. The molecule has 12 heteroatoms. The lowest BCUT2D eigenvalue weighted by Gasteiger charge is -2.42. The number of rotatable bonds is 6. The number of piperazine rings is 1. The lowest BCUT2D eigenvalue weighted by Crippen LogP contribution is -2.59. The minimum Gasteiger partial charge on any atom is -0.508 e. The van der Waals surface area contributed by atoms with E-state index in [1.807, 2.05) is 4.90 Å². The Morgan fingerprint density at radius 3 is 2.69 bits per heavy atom. The van der Waals surface area contributed by atoms with Crippen LogP contribution in [0.1, 0.15) is 44.6 Å². The van der Waals surface area contributed by atoms with E-state index in [4.69, 9.17) is 16.1 Å². The molecule has 252 valence electrons. The molecule has 2 N–H and O–H groups in total. The van der Waals surface area contributed by atoms with Gasteiger partial charge >= 0.3 is 6.01 Å². The number of hydrogen-bond acceptors (Lipinski definition) is 9. The Labute approximate surface area is 282 Å². The molecule has 1 amide bonds. The maximum absolute atomic E-state index is 17.0. The Hall–Kier alpha value is -4.86. The highest BCUT2D eigenvalue weighted by Gasteiger charge is 2.54. The van der Waals surface area contributed by atoms with E-state index in [1.54, 1.807) is 11.8 Å². The topological polar surface area (TPSA) is 115 Å². The number of terminal acetylenes is 1. The third kappa shape index (κ3) is 4.89. The summed E-state index contributed by atoms with van der Waals surface area (Å²) in [5.41, 5.74) is -1.49. The van der Waals surface area contributed by atoms with Gasteiger partial charge in [0, 0.05) is 36.7 Å². The zero-order valence-corrected chi connectivity index (χ0v) is 27.1. The quantitative estimate of drug-likeness (QED) is 0.226. The summed E-state index contributed by atoms with van der Waals surface area (Å²) in [4.78, 5) is 32.8. The summed E-state index contributed by atoms with van der Waals surface area (Å²) in [5.74, 6) is 0.818. The molecule has 4 aliphatic heterocycles. The number of benzene rings is 2. The van der Waals surface area contributed by atoms with Crippen LogP contribution in [0.15, 0.2) is 43.1 Å². The Morgan fingerprint density at radius 2 is 1.98 bits per heavy atom. The highest BCUT2D eigenvalue weighted by molar-refractivity contribution is 6.03. The first-order valence-electron chi connectivity index (χ1n) is 16.6. The van der Waals surface area contributed by atoms with Gasteiger partial charge in [-0.2, -0.15) is 9.97 Å². The van der Waals surface area contributed by atoms with Crippen molar-refractivity contribution in [1.29, 1.82) is 0 Å². The van der Waals surface area contributed by atoms with Crippen molar-refractivity contribution in [2.24, 2.45) is 0 Å². The number of ether oxygens (including phenoxy) is 1. The third-order valence-corrected chi connectivity index (χ3v) is 11.0. The number of fused-ring (bicyclic) bond motifs is 5. The predicted molar refractivity (Wildman–Crippen MR) is 180 cm³/mol. The lowest BCUT2D eigenvalue weighted by atomic mass is 9.95. The van der Waals surface area contributed by atoms with E-state index in [9.17, 15) is 19.4 Å². The second-order valence-electron chi connectivity index (χ2n) is 14.0. The van der Waals surface area contributed by atoms with Gasteiger partial charge in [-0.3, -0.25) is 14.7 Å². The van der Waals surface area contributed by atoms with Gasteiger partial charge in [0.1, 0.15) is 35.2 Å². The van der Waals surface area contributed by atoms with Crippen molar-refractivity contribution in [1.82, 2.24) is 24.8 Å². The minimum absolute atomic E-state index is 0.00787. The molecule has 8 rings (SSSR count). The Balaban J connectivity index is 1.28. The van der Waals surface area contributed by atoms with Gasteiger partial charge in [-0.1, -0.05) is 18.6 Å². The van der Waals surface area contributed by atoms with Crippen LogP contribution in [-0.4, -0.2) is 96.9 Å². The van der Waals surface area contributed by atoms with Crippen LogP contribution in [0.4, 0.5) is 14.6 Å². The molecule has 6 heterocycles. The molecule has 49 heavy (non-hydrogen) atoms. The summed E-state index contributed by atoms with van der Waals surface area (Å²) >= 11 is 0. The lowest BCUT2D eigenvalue weighted by molar-refractivity contribution is -0.131. The molecule has 0 radical (unpaired) electrons. The van der Waals surface area contributed by atoms with Crippen molar-refractivity contribution >= 4 is 33.4 Å². The number of phenolic OH excluding ortho intramolecular Hbond substituents is 1. The fourth-order valence-electron chi connectivity index (χ4n) is 8.78. The number of carbonyl (C=O) groups is 1. The van der Waals surface area contributed by atoms with E-state index >= 15 is 4.39 Å². The summed E-state index contributed by atoms with van der Waals surface area (Å²) in [7, 11) is 0. The minimum atomic E-state index is -1.16. The fourth-order valence-corrected chi connectivity index (χ4v) is 8.78. The summed E-state index contributed by atoms with van der Waals surface area (Å²) in [6.07, 6.45) is 12.9. The molecular formula is C37H36F2N6O4. The van der Waals surface area contributed by atoms with Crippen LogP contribution in [-0.2, 0) is 4.79 Å². The van der Waals surface area contributed by atoms with Crippen LogP contribution in [0.2, 0.25) is 0 Å². The van der Waals surface area contributed by atoms with Crippen molar-refractivity contribution < 1.29 is 28.5 Å². The summed E-state index contributed by atoms with van der Waals surface area (Å²) in [6.45, 7) is 8.26. The molecule has 10 nitrogen and oxygen atoms in total. The second-order valence-corrected chi connectivity index (χ2v) is 14.0. The number of aromatic hydroxyl groups is 1. The number of hydrogen-bond donors (Lipinski definition) is 2. The largest absolute Gasteiger partial charge is 0.508 e. The van der Waals surface area contributed by atoms with Gasteiger partial charge in [0.15, 0.2) is 5.82 Å². The Kier molecular flexibility index (Phi) is 7.28. The van der Waals surface area contributed by atoms with Crippen molar-refractivity contribution in [3.8, 4) is 35.4 Å². The standard InChI is InChI=1S/C37H36F2N6O4/c1-4-24-27(38)9-8-21-14-23(46)15-25(30(21)24)32-31(39)33-26(17-40-32)34(42-35(41-33)49-20-37-10-6-12-44(37)13-7-11-37)43-18-22-16-36(3,48)28(19-43)45(22)29(47)5-2/h1,5,8-9,14-15,17,22,28,46,48H,2,6-7,10-13,16,18-20H2,3H3/t22-,28-,36+/m1/s1. The van der Waals surface area contributed by atoms with Gasteiger partial charge in [-0.15, -0.1) is 6.42 Å². The van der Waals surface area contributed by atoms with E-state index < -0.39 is 23.3 Å². The first kappa shape index (κ1) is 31.4. The SMILES string of the molecule is C#Cc1c(F)ccc2cc(O)cc(-c3ncc4c(N5C[C@H]6C[C@](C)(O)[C@@H](C5)N6C(=O)C=C)nc(OCC56CCCN5CCC6)nc4c3F)c12. The number of halogens is 2. The average Bonchev–Trinajstić information content (AvgIpc) is 3.71. The number of aliphatic hydroxyl groups is 1. The van der Waals surface area contributed by atoms with E-state index in [1.165, 1.54) is 36.5 Å². The first-order chi connectivity index (χ1) is 23.5. The molecule has 0 spiro atoms. The molecule has 4 saturated heterocycles. The normalized spacial score (nSPS) is 24.4. The van der Waals surface area contributed by atoms with E-state index in [0.717, 1.165) is 38.8 Å². The summed E-state index contributed by atoms with van der Waals surface area (Å²) < 4.78 is 38.2. The molecule has 2 bridgehead atoms. The third-order valence-electron chi connectivity index (χ3n) is 11.0. The van der Waals surface area contributed by atoms with Crippen molar-refractivity contribution in [3.63, 3.8) is 0 Å². The Morgan fingerprint density at radius 1 is 1.20 bits per heavy atom. The number of pyridine rings is 1. The van der Waals surface area contributed by atoms with E-state index in [2.05, 4.69) is 27.4 Å². The number of phenols is 1. The van der Waals surface area contributed by atoms with Crippen LogP contribution >= 0.6 is 0 Å². The average molecular weight is 667 g/mol. The number of amides is 1. The van der Waals surface area contributed by atoms with Crippen LogP contribution in [0.5, 0.6) is 11.8 Å². The van der Waals surface area contributed by atoms with E-state index in [0.29, 0.717) is 36.2 Å². The molecule has 0 aliphatic carbocycles. The highest BCUT2D eigenvalue weighted by atomic mass is 19.1. The zero-order valence-electron chi connectivity index (χ0n) is 27.1. The second kappa shape index (κ2) is 11.4. The van der Waals surface area contributed by atoms with Gasteiger partial charge in [0.25, 0.3) is 0 Å². The number of carbonyl (C=O) groups excluding carboxylic acids is 1. The summed E-state index contributed by atoms with van der Waals surface area (Å²) in [6, 6.07) is 4.49. The molecule has 2 aromatic carbocycles. The van der Waals surface area contributed by atoms with Gasteiger partial charge in [-0.25, -0.2) is 8.78 Å². The number of nitrogens with zero attached hydrogens (tertiary/aromatic N) is 6. The van der Waals surface area contributed by atoms with Gasteiger partial charge in [0.2, 0.25) is 5.91 Å². The van der Waals surface area contributed by atoms with Gasteiger partial charge in [-0.05, 0) is 75.4 Å². The first-order valence-corrected chi connectivity index (χ1v) is 16.6. The molecule has 4 aromatic rings. The van der Waals surface area contributed by atoms with Crippen LogP contribution in [0.3, 0.4) is 0 Å². The fraction of sp³-hybridized carbons (Fsp3) is 0.405.